The molecule has 5 heterocycles. The van der Waals surface area contributed by atoms with Gasteiger partial charge in [-0.2, -0.15) is 0 Å². The summed E-state index contributed by atoms with van der Waals surface area (Å²) in [6.07, 6.45) is 14.5. The SMILES string of the molecule is COc1ccc(C2=C3C=CC(=N3)C=c3ccc([nH]3)=CC3=NC(=CC4NC2=CS4)C=C3)cc1. The largest absolute Gasteiger partial charge is 0.497 e. The monoisotopic (exact) mass is 436 g/mol. The highest BCUT2D eigenvalue weighted by molar-refractivity contribution is 8.03. The number of allylic oxidation sites excluding steroid dienone is 5. The number of thioether (sulfide) groups is 1. The van der Waals surface area contributed by atoms with E-state index < -0.39 is 0 Å². The van der Waals surface area contributed by atoms with Crippen molar-refractivity contribution in [1.82, 2.24) is 10.3 Å². The second-order valence-corrected chi connectivity index (χ2v) is 8.73. The number of ether oxygens (including phenoxy) is 1. The van der Waals surface area contributed by atoms with Gasteiger partial charge in [-0.25, -0.2) is 9.98 Å². The fourth-order valence-electron chi connectivity index (χ4n) is 4.01. The average molecular weight is 437 g/mol. The second kappa shape index (κ2) is 7.73. The lowest BCUT2D eigenvalue weighted by molar-refractivity contribution is 0.415. The Labute approximate surface area is 189 Å². The van der Waals surface area contributed by atoms with Gasteiger partial charge in [0.25, 0.3) is 0 Å². The summed E-state index contributed by atoms with van der Waals surface area (Å²) in [5, 5.41) is 7.94. The van der Waals surface area contributed by atoms with Gasteiger partial charge in [0.1, 0.15) is 5.75 Å². The van der Waals surface area contributed by atoms with Crippen molar-refractivity contribution in [1.29, 1.82) is 0 Å². The Balaban J connectivity index is 1.52. The number of rotatable bonds is 2. The fourth-order valence-corrected chi connectivity index (χ4v) is 4.89. The number of aliphatic imine (C=N–C) groups is 2. The molecule has 0 fully saturated rings. The summed E-state index contributed by atoms with van der Waals surface area (Å²) in [5.41, 5.74) is 6.95. The molecule has 1 aromatic carbocycles. The maximum Gasteiger partial charge on any atom is 0.118 e. The van der Waals surface area contributed by atoms with Crippen molar-refractivity contribution in [2.45, 2.75) is 5.37 Å². The zero-order valence-corrected chi connectivity index (χ0v) is 18.2. The molecule has 1 aromatic heterocycles. The predicted octanol–water partition coefficient (Wildman–Crippen LogP) is 3.42. The first-order valence-corrected chi connectivity index (χ1v) is 11.3. The van der Waals surface area contributed by atoms with Gasteiger partial charge in [0.05, 0.1) is 41.0 Å². The number of benzene rings is 1. The number of hydrogen-bond acceptors (Lipinski definition) is 5. The van der Waals surface area contributed by atoms with E-state index in [9.17, 15) is 0 Å². The van der Waals surface area contributed by atoms with Crippen molar-refractivity contribution < 1.29 is 4.74 Å². The molecule has 2 aromatic rings. The zero-order chi connectivity index (χ0) is 21.5. The summed E-state index contributed by atoms with van der Waals surface area (Å²) < 4.78 is 5.35. The van der Waals surface area contributed by atoms with Crippen LogP contribution in [0.4, 0.5) is 0 Å². The number of aromatic nitrogens is 1. The zero-order valence-electron chi connectivity index (χ0n) is 17.4. The van der Waals surface area contributed by atoms with Gasteiger partial charge in [-0.3, -0.25) is 0 Å². The van der Waals surface area contributed by atoms with Gasteiger partial charge in [0.15, 0.2) is 0 Å². The van der Waals surface area contributed by atoms with E-state index in [0.29, 0.717) is 0 Å². The van der Waals surface area contributed by atoms with E-state index in [4.69, 9.17) is 14.7 Å². The molecule has 0 saturated carbocycles. The highest BCUT2D eigenvalue weighted by atomic mass is 32.2. The molecule has 1 atom stereocenters. The van der Waals surface area contributed by atoms with Crippen LogP contribution in [-0.4, -0.2) is 28.9 Å². The molecule has 4 aliphatic heterocycles. The smallest absolute Gasteiger partial charge is 0.118 e. The lowest BCUT2D eigenvalue weighted by Crippen LogP contribution is -2.19. The van der Waals surface area contributed by atoms with E-state index in [-0.39, 0.29) is 5.37 Å². The molecule has 8 bridgehead atoms. The highest BCUT2D eigenvalue weighted by Gasteiger charge is 2.23. The van der Waals surface area contributed by atoms with Crippen LogP contribution in [-0.2, 0) is 0 Å². The Bertz CT molecular complexity index is 1450. The van der Waals surface area contributed by atoms with Crippen LogP contribution < -0.4 is 20.8 Å². The van der Waals surface area contributed by atoms with Gasteiger partial charge in [-0.1, -0.05) is 12.1 Å². The summed E-state index contributed by atoms with van der Waals surface area (Å²) in [4.78, 5) is 13.1. The maximum atomic E-state index is 5.35. The van der Waals surface area contributed by atoms with Gasteiger partial charge in [0.2, 0.25) is 0 Å². The summed E-state index contributed by atoms with van der Waals surface area (Å²) in [6.45, 7) is 0. The molecule has 0 amide bonds. The first kappa shape index (κ1) is 19.0. The third-order valence-corrected chi connectivity index (χ3v) is 6.46. The Morgan fingerprint density at radius 1 is 0.875 bits per heavy atom. The Morgan fingerprint density at radius 3 is 2.41 bits per heavy atom. The summed E-state index contributed by atoms with van der Waals surface area (Å²) >= 11 is 1.74. The van der Waals surface area contributed by atoms with Crippen LogP contribution >= 0.6 is 11.8 Å². The Morgan fingerprint density at radius 2 is 1.62 bits per heavy atom. The molecule has 0 radical (unpaired) electrons. The molecule has 32 heavy (non-hydrogen) atoms. The Kier molecular flexibility index (Phi) is 4.58. The number of nitrogens with zero attached hydrogens (tertiary/aromatic N) is 2. The van der Waals surface area contributed by atoms with Crippen molar-refractivity contribution in [3.8, 4) is 5.75 Å². The molecule has 2 N–H and O–H groups in total. The highest BCUT2D eigenvalue weighted by Crippen LogP contribution is 2.36. The molecular weight excluding hydrogens is 416 g/mol. The third kappa shape index (κ3) is 3.59. The van der Waals surface area contributed by atoms with Crippen LogP contribution in [0.3, 0.4) is 0 Å². The van der Waals surface area contributed by atoms with Crippen LogP contribution in [0.1, 0.15) is 5.56 Å². The van der Waals surface area contributed by atoms with E-state index in [0.717, 1.165) is 56.1 Å². The quantitative estimate of drug-likeness (QED) is 0.759. The molecule has 1 unspecified atom stereocenters. The molecule has 156 valence electrons. The minimum atomic E-state index is 0.104. The Hall–Kier alpha value is -3.77. The number of methoxy groups -OCH3 is 1. The molecule has 5 nitrogen and oxygen atoms in total. The van der Waals surface area contributed by atoms with E-state index in [1.165, 1.54) is 0 Å². The number of fused-ring (bicyclic) bond motifs is 6. The number of aromatic amines is 1. The van der Waals surface area contributed by atoms with Gasteiger partial charge in [-0.15, -0.1) is 11.8 Å². The first-order valence-electron chi connectivity index (χ1n) is 10.4. The van der Waals surface area contributed by atoms with E-state index in [2.05, 4.69) is 76.4 Å². The lowest BCUT2D eigenvalue weighted by atomic mass is 10.0. The lowest BCUT2D eigenvalue weighted by Gasteiger charge is -2.15. The van der Waals surface area contributed by atoms with Crippen LogP contribution in [0.5, 0.6) is 5.75 Å². The van der Waals surface area contributed by atoms with Crippen LogP contribution in [0.2, 0.25) is 0 Å². The van der Waals surface area contributed by atoms with E-state index in [1.54, 1.807) is 18.9 Å². The standard InChI is InChI=1S/C26H20N4OS/c1-31-22-9-2-16(3-10-22)26-23-11-8-20(29-23)13-19-5-4-17(27-19)12-18-6-7-21(28-18)14-25-30-24(26)15-32-25/h2-15,25,27,30H,1H3. The molecule has 0 aliphatic carbocycles. The third-order valence-electron chi connectivity index (χ3n) is 5.54. The fraction of sp³-hybridized carbons (Fsp3) is 0.0769. The summed E-state index contributed by atoms with van der Waals surface area (Å²) in [6, 6.07) is 12.2. The molecule has 6 rings (SSSR count). The van der Waals surface area contributed by atoms with E-state index >= 15 is 0 Å². The van der Waals surface area contributed by atoms with Crippen LogP contribution in [0.15, 0.2) is 99.3 Å². The van der Waals surface area contributed by atoms with Crippen molar-refractivity contribution in [3.63, 3.8) is 0 Å². The summed E-state index contributed by atoms with van der Waals surface area (Å²) in [7, 11) is 1.68. The molecule has 0 saturated heterocycles. The van der Waals surface area contributed by atoms with Crippen LogP contribution in [0.25, 0.3) is 17.7 Å². The number of nitrogens with one attached hydrogen (secondary N) is 2. The van der Waals surface area contributed by atoms with Crippen molar-refractivity contribution in [2.75, 3.05) is 7.11 Å². The van der Waals surface area contributed by atoms with Crippen LogP contribution in [0, 0.1) is 0 Å². The van der Waals surface area contributed by atoms with Gasteiger partial charge < -0.3 is 15.0 Å². The van der Waals surface area contributed by atoms with Gasteiger partial charge in [0, 0.05) is 16.3 Å². The predicted molar refractivity (Wildman–Crippen MR) is 133 cm³/mol. The average Bonchev–Trinajstić information content (AvgIpc) is 3.60. The molecule has 6 heteroatoms. The van der Waals surface area contributed by atoms with Crippen molar-refractivity contribution in [2.24, 2.45) is 9.98 Å². The van der Waals surface area contributed by atoms with E-state index in [1.807, 2.05) is 18.2 Å². The molecule has 4 aliphatic rings. The summed E-state index contributed by atoms with van der Waals surface area (Å²) in [5.74, 6) is 0.832. The minimum Gasteiger partial charge on any atom is -0.497 e. The maximum absolute atomic E-state index is 5.35. The van der Waals surface area contributed by atoms with Gasteiger partial charge >= 0.3 is 0 Å². The first-order chi connectivity index (χ1) is 15.7. The van der Waals surface area contributed by atoms with Crippen molar-refractivity contribution in [3.05, 3.63) is 106 Å². The topological polar surface area (TPSA) is 61.8 Å². The van der Waals surface area contributed by atoms with Crippen molar-refractivity contribution >= 4 is 40.9 Å². The normalized spacial score (nSPS) is 20.7. The number of H-pyrrole nitrogens is 1. The second-order valence-electron chi connectivity index (χ2n) is 7.71. The molecule has 0 spiro atoms. The van der Waals surface area contributed by atoms with Gasteiger partial charge in [-0.05, 0) is 77.8 Å². The minimum absolute atomic E-state index is 0.104. The molecular formula is C26H20N4OS. The number of hydrogen-bond donors (Lipinski definition) is 2.